The van der Waals surface area contributed by atoms with E-state index in [2.05, 4.69) is 31.0 Å². The van der Waals surface area contributed by atoms with Crippen molar-refractivity contribution in [1.29, 1.82) is 0 Å². The van der Waals surface area contributed by atoms with Crippen molar-refractivity contribution >= 4 is 44.2 Å². The highest BCUT2D eigenvalue weighted by Gasteiger charge is 2.22. The molecule has 0 aliphatic carbocycles. The zero-order valence-electron chi connectivity index (χ0n) is 16.2. The van der Waals surface area contributed by atoms with Crippen LogP contribution in [0.1, 0.15) is 22.4 Å². The van der Waals surface area contributed by atoms with Gasteiger partial charge in [-0.25, -0.2) is 4.98 Å². The van der Waals surface area contributed by atoms with E-state index in [1.54, 1.807) is 17.2 Å². The lowest BCUT2D eigenvalue weighted by Gasteiger charge is -2.20. The van der Waals surface area contributed by atoms with Crippen molar-refractivity contribution in [2.75, 3.05) is 4.90 Å². The highest BCUT2D eigenvalue weighted by atomic mass is 35.5. The highest BCUT2D eigenvalue weighted by Crippen LogP contribution is 2.33. The minimum absolute atomic E-state index is 0.0582. The quantitative estimate of drug-likeness (QED) is 0.413. The van der Waals surface area contributed by atoms with E-state index in [1.807, 2.05) is 36.4 Å². The van der Waals surface area contributed by atoms with Crippen molar-refractivity contribution in [2.45, 2.75) is 26.8 Å². The minimum atomic E-state index is -0.0582. The van der Waals surface area contributed by atoms with Gasteiger partial charge in [0.25, 0.3) is 0 Å². The van der Waals surface area contributed by atoms with Crippen LogP contribution >= 0.6 is 22.9 Å². The van der Waals surface area contributed by atoms with Gasteiger partial charge < -0.3 is 0 Å². The summed E-state index contributed by atoms with van der Waals surface area (Å²) in [6.07, 6.45) is 1.94. The fourth-order valence-electron chi connectivity index (χ4n) is 3.15. The predicted octanol–water partition coefficient (Wildman–Crippen LogP) is 5.74. The molecule has 146 valence electrons. The Morgan fingerprint density at radius 1 is 1.07 bits per heavy atom. The van der Waals surface area contributed by atoms with Gasteiger partial charge >= 0.3 is 0 Å². The second-order valence-corrected chi connectivity index (χ2v) is 8.34. The van der Waals surface area contributed by atoms with Gasteiger partial charge in [-0.3, -0.25) is 14.7 Å². The van der Waals surface area contributed by atoms with Gasteiger partial charge in [0.1, 0.15) is 0 Å². The third-order valence-electron chi connectivity index (χ3n) is 4.95. The van der Waals surface area contributed by atoms with E-state index in [-0.39, 0.29) is 12.3 Å². The maximum absolute atomic E-state index is 13.3. The van der Waals surface area contributed by atoms with Crippen LogP contribution in [-0.2, 0) is 17.8 Å². The fraction of sp³-hybridized carbons (Fsp3) is 0.174. The molecule has 2 aromatic carbocycles. The van der Waals surface area contributed by atoms with E-state index in [0.29, 0.717) is 16.7 Å². The molecule has 0 saturated heterocycles. The highest BCUT2D eigenvalue weighted by molar-refractivity contribution is 7.22. The molecule has 0 spiro atoms. The van der Waals surface area contributed by atoms with E-state index in [4.69, 9.17) is 16.6 Å². The minimum Gasteiger partial charge on any atom is -0.282 e. The first kappa shape index (κ1) is 19.6. The number of benzene rings is 2. The molecule has 2 heterocycles. The van der Waals surface area contributed by atoms with E-state index in [9.17, 15) is 4.79 Å². The first-order valence-corrected chi connectivity index (χ1v) is 10.5. The van der Waals surface area contributed by atoms with Gasteiger partial charge in [0, 0.05) is 11.2 Å². The van der Waals surface area contributed by atoms with Crippen LogP contribution in [0.4, 0.5) is 5.13 Å². The Morgan fingerprint density at radius 3 is 2.62 bits per heavy atom. The zero-order valence-corrected chi connectivity index (χ0v) is 17.8. The number of anilines is 1. The standard InChI is InChI=1S/C23H20ClN3OS/c1-15-10-11-20-22(16(15)2)26-23(29-20)27(14-18-8-5-6-12-25-18)21(28)13-17-7-3-4-9-19(17)24/h3-12H,13-14H2,1-2H3. The molecule has 1 amide bonds. The maximum Gasteiger partial charge on any atom is 0.233 e. The summed E-state index contributed by atoms with van der Waals surface area (Å²) in [4.78, 5) is 24.2. The van der Waals surface area contributed by atoms with Crippen LogP contribution in [0.25, 0.3) is 10.2 Å². The molecule has 0 unspecified atom stereocenters. The van der Waals surface area contributed by atoms with Crippen molar-refractivity contribution in [1.82, 2.24) is 9.97 Å². The second-order valence-electron chi connectivity index (χ2n) is 6.92. The molecule has 2 aromatic heterocycles. The second kappa shape index (κ2) is 8.31. The molecule has 29 heavy (non-hydrogen) atoms. The average Bonchev–Trinajstić information content (AvgIpc) is 3.16. The summed E-state index contributed by atoms with van der Waals surface area (Å²) in [5, 5.41) is 1.27. The summed E-state index contributed by atoms with van der Waals surface area (Å²) in [7, 11) is 0. The Balaban J connectivity index is 1.73. The number of hydrogen-bond donors (Lipinski definition) is 0. The summed E-state index contributed by atoms with van der Waals surface area (Å²) in [6, 6.07) is 17.3. The van der Waals surface area contributed by atoms with Crippen molar-refractivity contribution in [3.8, 4) is 0 Å². The summed E-state index contributed by atoms with van der Waals surface area (Å²) < 4.78 is 1.07. The first-order chi connectivity index (χ1) is 14.0. The van der Waals surface area contributed by atoms with Crippen LogP contribution in [0.15, 0.2) is 60.8 Å². The summed E-state index contributed by atoms with van der Waals surface area (Å²) in [5.41, 5.74) is 4.89. The molecule has 0 fully saturated rings. The molecule has 0 N–H and O–H groups in total. The zero-order chi connectivity index (χ0) is 20.4. The van der Waals surface area contributed by atoms with Crippen LogP contribution in [0, 0.1) is 13.8 Å². The van der Waals surface area contributed by atoms with Crippen LogP contribution in [-0.4, -0.2) is 15.9 Å². The van der Waals surface area contributed by atoms with Gasteiger partial charge in [0.2, 0.25) is 5.91 Å². The number of aromatic nitrogens is 2. The lowest BCUT2D eigenvalue weighted by Crippen LogP contribution is -2.32. The van der Waals surface area contributed by atoms with Crippen molar-refractivity contribution in [3.63, 3.8) is 0 Å². The van der Waals surface area contributed by atoms with E-state index >= 15 is 0 Å². The Labute approximate surface area is 178 Å². The predicted molar refractivity (Wildman–Crippen MR) is 120 cm³/mol. The summed E-state index contributed by atoms with van der Waals surface area (Å²) in [5.74, 6) is -0.0582. The summed E-state index contributed by atoms with van der Waals surface area (Å²) >= 11 is 7.81. The number of carbonyl (C=O) groups excluding carboxylic acids is 1. The molecular formula is C23H20ClN3OS. The van der Waals surface area contributed by atoms with Gasteiger partial charge in [-0.05, 0) is 54.8 Å². The number of thiazole rings is 1. The van der Waals surface area contributed by atoms with Gasteiger partial charge in [-0.1, -0.05) is 53.3 Å². The lowest BCUT2D eigenvalue weighted by molar-refractivity contribution is -0.118. The molecular weight excluding hydrogens is 402 g/mol. The molecule has 4 nitrogen and oxygen atoms in total. The molecule has 0 saturated carbocycles. The fourth-order valence-corrected chi connectivity index (χ4v) is 4.39. The Morgan fingerprint density at radius 2 is 1.86 bits per heavy atom. The number of carbonyl (C=O) groups is 1. The van der Waals surface area contributed by atoms with Gasteiger partial charge in [0.05, 0.1) is 28.9 Å². The Bertz CT molecular complexity index is 1170. The number of nitrogens with zero attached hydrogens (tertiary/aromatic N) is 3. The third-order valence-corrected chi connectivity index (χ3v) is 6.36. The van der Waals surface area contributed by atoms with Crippen LogP contribution in [0.3, 0.4) is 0 Å². The maximum atomic E-state index is 13.3. The van der Waals surface area contributed by atoms with Gasteiger partial charge in [-0.2, -0.15) is 0 Å². The van der Waals surface area contributed by atoms with Crippen molar-refractivity contribution in [2.24, 2.45) is 0 Å². The average molecular weight is 422 g/mol. The topological polar surface area (TPSA) is 46.1 Å². The van der Waals surface area contributed by atoms with Crippen LogP contribution < -0.4 is 4.90 Å². The molecule has 0 atom stereocenters. The molecule has 6 heteroatoms. The first-order valence-electron chi connectivity index (χ1n) is 9.33. The number of rotatable bonds is 5. The van der Waals surface area contributed by atoms with Crippen LogP contribution in [0.5, 0.6) is 0 Å². The number of pyridine rings is 1. The molecule has 0 aliphatic rings. The number of aryl methyl sites for hydroxylation is 2. The van der Waals surface area contributed by atoms with Crippen molar-refractivity contribution < 1.29 is 4.79 Å². The Kier molecular flexibility index (Phi) is 5.60. The van der Waals surface area contributed by atoms with E-state index in [1.165, 1.54) is 16.9 Å². The van der Waals surface area contributed by atoms with E-state index < -0.39 is 0 Å². The number of hydrogen-bond acceptors (Lipinski definition) is 4. The van der Waals surface area contributed by atoms with Gasteiger partial charge in [-0.15, -0.1) is 0 Å². The molecule has 0 bridgehead atoms. The van der Waals surface area contributed by atoms with Crippen LogP contribution in [0.2, 0.25) is 5.02 Å². The molecule has 0 radical (unpaired) electrons. The normalized spacial score (nSPS) is 11.0. The lowest BCUT2D eigenvalue weighted by atomic mass is 10.1. The number of amides is 1. The molecule has 4 aromatic rings. The smallest absolute Gasteiger partial charge is 0.233 e. The van der Waals surface area contributed by atoms with E-state index in [0.717, 1.165) is 27.0 Å². The molecule has 4 rings (SSSR count). The SMILES string of the molecule is Cc1ccc2sc(N(Cc3ccccn3)C(=O)Cc3ccccc3Cl)nc2c1C. The third kappa shape index (κ3) is 4.16. The monoisotopic (exact) mass is 421 g/mol. The number of fused-ring (bicyclic) bond motifs is 1. The van der Waals surface area contributed by atoms with Gasteiger partial charge in [0.15, 0.2) is 5.13 Å². The summed E-state index contributed by atoms with van der Waals surface area (Å²) in [6.45, 7) is 4.50. The Hall–Kier alpha value is -2.76. The number of halogens is 1. The largest absolute Gasteiger partial charge is 0.282 e. The van der Waals surface area contributed by atoms with Crippen molar-refractivity contribution in [3.05, 3.63) is 88.2 Å². The molecule has 0 aliphatic heterocycles.